The molecule has 4 N–H and O–H groups in total. The van der Waals surface area contributed by atoms with Gasteiger partial charge < -0.3 is 10.8 Å². The Morgan fingerprint density at radius 3 is 2.54 bits per heavy atom. The Kier molecular flexibility index (Phi) is 2.38. The molecule has 1 aromatic rings. The van der Waals surface area contributed by atoms with Crippen LogP contribution in [-0.4, -0.2) is 10.9 Å². The molecule has 0 aliphatic heterocycles. The Morgan fingerprint density at radius 2 is 2.08 bits per heavy atom. The lowest BCUT2D eigenvalue weighted by Gasteiger charge is -2.05. The predicted molar refractivity (Wildman–Crippen MR) is 44.0 cm³/mol. The Labute approximate surface area is 77.3 Å². The second-order valence-corrected chi connectivity index (χ2v) is 2.67. The smallest absolute Gasteiger partial charge is 0.181 e. The van der Waals surface area contributed by atoms with Gasteiger partial charge >= 0.3 is 0 Å². The van der Waals surface area contributed by atoms with Crippen LogP contribution in [0.25, 0.3) is 0 Å². The zero-order valence-corrected chi connectivity index (χ0v) is 6.99. The summed E-state index contributed by atoms with van der Waals surface area (Å²) in [5, 5.41) is 15.3. The van der Waals surface area contributed by atoms with E-state index in [0.29, 0.717) is 6.07 Å². The average molecular weight is 207 g/mol. The fraction of sp³-hybridized carbons (Fsp3) is 0. The van der Waals surface area contributed by atoms with Crippen LogP contribution in [0.4, 0.5) is 8.78 Å². The van der Waals surface area contributed by atoms with Gasteiger partial charge in [0.2, 0.25) is 0 Å². The van der Waals surface area contributed by atoms with Crippen LogP contribution in [0.1, 0.15) is 5.56 Å². The summed E-state index contributed by atoms with van der Waals surface area (Å²) in [5.74, 6) is -3.93. The third-order valence-corrected chi connectivity index (χ3v) is 1.77. The molecule has 0 aliphatic carbocycles. The summed E-state index contributed by atoms with van der Waals surface area (Å²) in [6.45, 7) is 0. The summed E-state index contributed by atoms with van der Waals surface area (Å²) in [6.07, 6.45) is 0. The number of nitrogen functional groups attached to an aromatic ring is 1. The number of hydrogen-bond acceptors (Lipinski definition) is 2. The first-order valence-electron chi connectivity index (χ1n) is 3.16. The van der Waals surface area contributed by atoms with E-state index < -0.39 is 28.2 Å². The van der Waals surface area contributed by atoms with Gasteiger partial charge in [-0.05, 0) is 6.07 Å². The first-order chi connectivity index (χ1) is 5.95. The maximum Gasteiger partial charge on any atom is 0.181 e. The van der Waals surface area contributed by atoms with Crippen LogP contribution in [-0.2, 0) is 0 Å². The maximum absolute atomic E-state index is 12.7. The zero-order chi connectivity index (χ0) is 10.2. The SMILES string of the molecule is N=C(N)c1cc(F)c(F)c(Cl)c1O. The van der Waals surface area contributed by atoms with Gasteiger partial charge in [0, 0.05) is 0 Å². The lowest BCUT2D eigenvalue weighted by atomic mass is 10.1. The van der Waals surface area contributed by atoms with Gasteiger partial charge in [0.1, 0.15) is 16.6 Å². The molecule has 3 nitrogen and oxygen atoms in total. The van der Waals surface area contributed by atoms with Gasteiger partial charge in [-0.2, -0.15) is 0 Å². The van der Waals surface area contributed by atoms with Crippen molar-refractivity contribution in [1.29, 1.82) is 5.41 Å². The van der Waals surface area contributed by atoms with E-state index in [9.17, 15) is 8.78 Å². The quantitative estimate of drug-likeness (QED) is 0.371. The number of rotatable bonds is 1. The molecular formula is C7H5ClF2N2O. The van der Waals surface area contributed by atoms with Crippen molar-refractivity contribution in [3.8, 4) is 5.75 Å². The van der Waals surface area contributed by atoms with E-state index in [0.717, 1.165) is 0 Å². The molecule has 0 saturated carbocycles. The summed E-state index contributed by atoms with van der Waals surface area (Å²) in [6, 6.07) is 0.610. The van der Waals surface area contributed by atoms with Gasteiger partial charge in [0.25, 0.3) is 0 Å². The number of hydrogen-bond donors (Lipinski definition) is 3. The summed E-state index contributed by atoms with van der Waals surface area (Å²) in [4.78, 5) is 0. The topological polar surface area (TPSA) is 70.1 Å². The largest absolute Gasteiger partial charge is 0.505 e. The molecule has 0 aromatic heterocycles. The minimum atomic E-state index is -1.36. The highest BCUT2D eigenvalue weighted by atomic mass is 35.5. The molecule has 70 valence electrons. The molecule has 0 bridgehead atoms. The minimum Gasteiger partial charge on any atom is -0.505 e. The molecule has 1 aromatic carbocycles. The summed E-state index contributed by atoms with van der Waals surface area (Å²) < 4.78 is 25.3. The van der Waals surface area contributed by atoms with Gasteiger partial charge in [-0.3, -0.25) is 5.41 Å². The van der Waals surface area contributed by atoms with Crippen LogP contribution in [0, 0.1) is 17.0 Å². The Morgan fingerprint density at radius 1 is 1.54 bits per heavy atom. The molecular weight excluding hydrogens is 202 g/mol. The lowest BCUT2D eigenvalue weighted by Crippen LogP contribution is -2.12. The molecule has 0 atom stereocenters. The number of halogens is 3. The third-order valence-electron chi connectivity index (χ3n) is 1.43. The molecule has 0 radical (unpaired) electrons. The van der Waals surface area contributed by atoms with Crippen LogP contribution in [0.5, 0.6) is 5.75 Å². The van der Waals surface area contributed by atoms with Crippen molar-refractivity contribution >= 4 is 17.4 Å². The van der Waals surface area contributed by atoms with Gasteiger partial charge in [0.15, 0.2) is 11.6 Å². The molecule has 0 heterocycles. The third kappa shape index (κ3) is 1.55. The zero-order valence-electron chi connectivity index (χ0n) is 6.24. The number of aromatic hydroxyl groups is 1. The van der Waals surface area contributed by atoms with Crippen molar-refractivity contribution in [2.24, 2.45) is 5.73 Å². The highest BCUT2D eigenvalue weighted by molar-refractivity contribution is 6.32. The van der Waals surface area contributed by atoms with E-state index in [2.05, 4.69) is 0 Å². The number of phenols is 1. The van der Waals surface area contributed by atoms with Crippen molar-refractivity contribution in [1.82, 2.24) is 0 Å². The van der Waals surface area contributed by atoms with Gasteiger partial charge in [-0.15, -0.1) is 0 Å². The summed E-state index contributed by atoms with van der Waals surface area (Å²) >= 11 is 5.21. The van der Waals surface area contributed by atoms with Crippen LogP contribution in [0.3, 0.4) is 0 Å². The van der Waals surface area contributed by atoms with Gasteiger partial charge in [0.05, 0.1) is 5.56 Å². The predicted octanol–water partition coefficient (Wildman–Crippen LogP) is 1.61. The van der Waals surface area contributed by atoms with E-state index >= 15 is 0 Å². The molecule has 0 fully saturated rings. The van der Waals surface area contributed by atoms with Crippen LogP contribution < -0.4 is 5.73 Å². The molecule has 13 heavy (non-hydrogen) atoms. The highest BCUT2D eigenvalue weighted by Crippen LogP contribution is 2.31. The summed E-state index contributed by atoms with van der Waals surface area (Å²) in [7, 11) is 0. The van der Waals surface area contributed by atoms with Crippen molar-refractivity contribution in [2.75, 3.05) is 0 Å². The molecule has 6 heteroatoms. The summed E-state index contributed by atoms with van der Waals surface area (Å²) in [5.41, 5.74) is 4.65. The van der Waals surface area contributed by atoms with Crippen LogP contribution in [0.2, 0.25) is 5.02 Å². The van der Waals surface area contributed by atoms with Crippen molar-refractivity contribution in [2.45, 2.75) is 0 Å². The molecule has 1 rings (SSSR count). The van der Waals surface area contributed by atoms with Gasteiger partial charge in [-0.25, -0.2) is 8.78 Å². The Hall–Kier alpha value is -1.36. The molecule has 0 unspecified atom stereocenters. The monoisotopic (exact) mass is 206 g/mol. The Balaban J connectivity index is 3.50. The van der Waals surface area contributed by atoms with E-state index in [1.807, 2.05) is 0 Å². The second-order valence-electron chi connectivity index (χ2n) is 2.30. The highest BCUT2D eigenvalue weighted by Gasteiger charge is 2.17. The van der Waals surface area contributed by atoms with E-state index in [1.165, 1.54) is 0 Å². The van der Waals surface area contributed by atoms with E-state index in [1.54, 1.807) is 0 Å². The number of amidine groups is 1. The fourth-order valence-corrected chi connectivity index (χ4v) is 0.983. The number of benzene rings is 1. The number of nitrogens with one attached hydrogen (secondary N) is 1. The molecule has 0 amide bonds. The van der Waals surface area contributed by atoms with Crippen LogP contribution in [0.15, 0.2) is 6.07 Å². The fourth-order valence-electron chi connectivity index (χ4n) is 0.791. The first kappa shape index (κ1) is 9.73. The van der Waals surface area contributed by atoms with E-state index in [4.69, 9.17) is 27.9 Å². The van der Waals surface area contributed by atoms with Crippen molar-refractivity contribution in [3.05, 3.63) is 28.3 Å². The van der Waals surface area contributed by atoms with Gasteiger partial charge in [-0.1, -0.05) is 11.6 Å². The lowest BCUT2D eigenvalue weighted by molar-refractivity contribution is 0.454. The first-order valence-corrected chi connectivity index (χ1v) is 3.53. The number of phenolic OH excluding ortho intramolecular Hbond substituents is 1. The molecule has 0 saturated heterocycles. The normalized spacial score (nSPS) is 10.1. The average Bonchev–Trinajstić information content (AvgIpc) is 2.07. The van der Waals surface area contributed by atoms with Crippen molar-refractivity contribution < 1.29 is 13.9 Å². The minimum absolute atomic E-state index is 0.330. The second kappa shape index (κ2) is 3.18. The van der Waals surface area contributed by atoms with E-state index in [-0.39, 0.29) is 5.56 Å². The molecule has 0 spiro atoms. The van der Waals surface area contributed by atoms with Crippen LogP contribution >= 0.6 is 11.6 Å². The standard InChI is InChI=1S/C7H5ClF2N2O/c8-4-5(10)3(9)1-2(6(4)13)7(11)12/h1,13H,(H3,11,12). The maximum atomic E-state index is 12.7. The number of nitrogens with two attached hydrogens (primary N) is 1. The molecule has 0 aliphatic rings. The Bertz CT molecular complexity index is 381. The van der Waals surface area contributed by atoms with Crippen molar-refractivity contribution in [3.63, 3.8) is 0 Å².